The maximum Gasteiger partial charge on any atom is 0.417 e. The van der Waals surface area contributed by atoms with Crippen molar-refractivity contribution in [3.63, 3.8) is 0 Å². The molecule has 3 aliphatic rings. The largest absolute Gasteiger partial charge is 0.467 e. The third-order valence-electron chi connectivity index (χ3n) is 8.55. The van der Waals surface area contributed by atoms with Crippen molar-refractivity contribution < 1.29 is 31.8 Å². The molecule has 1 aromatic carbocycles. The van der Waals surface area contributed by atoms with E-state index in [0.717, 1.165) is 42.5 Å². The molecule has 9 nitrogen and oxygen atoms in total. The van der Waals surface area contributed by atoms with Crippen LogP contribution < -0.4 is 15.0 Å². The number of pyridine rings is 1. The van der Waals surface area contributed by atoms with Crippen LogP contribution in [0.15, 0.2) is 24.5 Å². The number of aliphatic hydroxyl groups excluding tert-OH is 1. The number of H-pyrrole nitrogens is 1. The average molecular weight is 694 g/mol. The number of thiophene rings is 1. The minimum Gasteiger partial charge on any atom is -0.467 e. The summed E-state index contributed by atoms with van der Waals surface area (Å²) in [6.45, 7) is 10.7. The van der Waals surface area contributed by atoms with Crippen molar-refractivity contribution in [3.8, 4) is 17.3 Å². The van der Waals surface area contributed by atoms with Crippen LogP contribution in [0.5, 0.6) is 6.01 Å². The second-order valence-electron chi connectivity index (χ2n) is 11.5. The zero-order valence-electron chi connectivity index (χ0n) is 27.7. The fourth-order valence-corrected chi connectivity index (χ4v) is 7.49. The van der Waals surface area contributed by atoms with Crippen molar-refractivity contribution in [2.24, 2.45) is 5.92 Å². The Bertz CT molecular complexity index is 1880. The number of benzene rings is 1. The van der Waals surface area contributed by atoms with Crippen LogP contribution in [-0.2, 0) is 6.18 Å². The highest BCUT2D eigenvalue weighted by Gasteiger charge is 2.56. The Morgan fingerprint density at radius 2 is 1.75 bits per heavy atom. The lowest BCUT2D eigenvalue weighted by Gasteiger charge is -2.34. The maximum atomic E-state index is 14.4. The first-order valence-corrected chi connectivity index (χ1v) is 17.0. The van der Waals surface area contributed by atoms with Crippen molar-refractivity contribution in [1.82, 2.24) is 30.5 Å². The fourth-order valence-electron chi connectivity index (χ4n) is 6.34. The molecule has 8 rings (SSSR count). The van der Waals surface area contributed by atoms with Crippen molar-refractivity contribution in [1.29, 1.82) is 0 Å². The van der Waals surface area contributed by atoms with Gasteiger partial charge in [0.05, 0.1) is 52.7 Å². The highest BCUT2D eigenvalue weighted by atomic mass is 32.1. The van der Waals surface area contributed by atoms with E-state index in [0.29, 0.717) is 32.5 Å². The van der Waals surface area contributed by atoms with Crippen molar-refractivity contribution in [2.45, 2.75) is 78.1 Å². The lowest BCUT2D eigenvalue weighted by molar-refractivity contribution is -0.137. The molecule has 3 unspecified atom stereocenters. The number of aromatic nitrogens is 5. The molecule has 6 heterocycles. The number of hydrogen-bond donors (Lipinski definition) is 3. The van der Waals surface area contributed by atoms with Gasteiger partial charge in [0.15, 0.2) is 0 Å². The van der Waals surface area contributed by atoms with E-state index < -0.39 is 23.6 Å². The topological polar surface area (TPSA) is 112 Å². The number of aliphatic hydroxyl groups is 1. The van der Waals surface area contributed by atoms with Crippen LogP contribution in [0.1, 0.15) is 58.1 Å². The predicted molar refractivity (Wildman–Crippen MR) is 179 cm³/mol. The molecule has 3 fully saturated rings. The molecule has 15 heteroatoms. The number of fused-ring (bicyclic) bond motifs is 6. The van der Waals surface area contributed by atoms with Crippen LogP contribution in [0.3, 0.4) is 0 Å². The molecule has 2 aliphatic heterocycles. The summed E-state index contributed by atoms with van der Waals surface area (Å²) in [6, 6.07) is 4.31. The molecule has 5 aromatic rings. The maximum absolute atomic E-state index is 14.4. The third-order valence-corrected chi connectivity index (χ3v) is 9.65. The molecular formula is C33H40F5N7O2S. The van der Waals surface area contributed by atoms with Gasteiger partial charge in [-0.1, -0.05) is 27.7 Å². The second kappa shape index (κ2) is 14.0. The van der Waals surface area contributed by atoms with Gasteiger partial charge in [-0.25, -0.2) is 8.78 Å². The van der Waals surface area contributed by atoms with Crippen LogP contribution in [0.2, 0.25) is 0 Å². The number of alkyl halides is 5. The summed E-state index contributed by atoms with van der Waals surface area (Å²) < 4.78 is 72.6. The summed E-state index contributed by atoms with van der Waals surface area (Å²) >= 11 is 1.31. The number of anilines is 1. The SMILES string of the molecule is CC.CC.COc1nc(N2CC3CCC(C2)N3)c2c(n1)sc1c(-c3c(C(F)(F)F)c(C)cc4[nH]ncc34)nccc12.OCC1CC1(F)F. The number of aromatic amines is 1. The van der Waals surface area contributed by atoms with Crippen LogP contribution in [0.25, 0.3) is 42.5 Å². The Labute approximate surface area is 278 Å². The first kappa shape index (κ1) is 35.6. The van der Waals surface area contributed by atoms with E-state index in [4.69, 9.17) is 14.8 Å². The highest BCUT2D eigenvalue weighted by molar-refractivity contribution is 7.26. The van der Waals surface area contributed by atoms with Gasteiger partial charge in [0.25, 0.3) is 5.92 Å². The molecule has 4 aromatic heterocycles. The van der Waals surface area contributed by atoms with Crippen molar-refractivity contribution >= 4 is 48.4 Å². The summed E-state index contributed by atoms with van der Waals surface area (Å²) in [5.41, 5.74) is 0.209. The quantitative estimate of drug-likeness (QED) is 0.164. The standard InChI is InChI=1S/C25H22F3N7OS.C4H6F2O.2C2H6/c1-11-7-16-15(8-30-34-16)17(19(11)25(26,27)28)20-21-14(5-6-29-20)18-22(32-24(36-2)33-23(18)37-21)35-9-12-3-4-13(10-35)31-12;5-4(6)1-3(4)2-7;2*1-2/h5-8,12-13,31H,3-4,9-10H2,1-2H3,(H,30,34);3,7H,1-2H2;2*1-2H3. The van der Waals surface area contributed by atoms with E-state index in [9.17, 15) is 22.0 Å². The predicted octanol–water partition coefficient (Wildman–Crippen LogP) is 7.75. The van der Waals surface area contributed by atoms with Gasteiger partial charge >= 0.3 is 12.2 Å². The van der Waals surface area contributed by atoms with Crippen molar-refractivity contribution in [2.75, 3.05) is 31.7 Å². The van der Waals surface area contributed by atoms with E-state index >= 15 is 0 Å². The van der Waals surface area contributed by atoms with Gasteiger partial charge in [-0.3, -0.25) is 10.1 Å². The van der Waals surface area contributed by atoms with E-state index in [1.165, 1.54) is 37.6 Å². The summed E-state index contributed by atoms with van der Waals surface area (Å²) in [6.07, 6.45) is 0.521. The molecule has 3 atom stereocenters. The van der Waals surface area contributed by atoms with Gasteiger partial charge < -0.3 is 20.1 Å². The number of rotatable bonds is 4. The highest BCUT2D eigenvalue weighted by Crippen LogP contribution is 2.49. The monoisotopic (exact) mass is 693 g/mol. The van der Waals surface area contributed by atoms with Crippen LogP contribution in [0, 0.1) is 12.8 Å². The van der Waals surface area contributed by atoms with E-state index in [-0.39, 0.29) is 35.9 Å². The lowest BCUT2D eigenvalue weighted by atomic mass is 9.94. The molecule has 1 aliphatic carbocycles. The van der Waals surface area contributed by atoms with Gasteiger partial charge in [0, 0.05) is 54.1 Å². The molecule has 260 valence electrons. The first-order valence-electron chi connectivity index (χ1n) is 16.2. The van der Waals surface area contributed by atoms with Gasteiger partial charge in [0.2, 0.25) is 0 Å². The molecule has 0 spiro atoms. The molecule has 3 N–H and O–H groups in total. The van der Waals surface area contributed by atoms with Crippen LogP contribution in [0.4, 0.5) is 27.8 Å². The Morgan fingerprint density at radius 1 is 1.08 bits per heavy atom. The Kier molecular flexibility index (Phi) is 10.4. The zero-order valence-corrected chi connectivity index (χ0v) is 28.5. The number of nitrogens with zero attached hydrogens (tertiary/aromatic N) is 5. The molecular weight excluding hydrogens is 653 g/mol. The minimum absolute atomic E-state index is 0.0232. The summed E-state index contributed by atoms with van der Waals surface area (Å²) in [4.78, 5) is 16.7. The van der Waals surface area contributed by atoms with E-state index in [2.05, 4.69) is 30.4 Å². The number of aryl methyl sites for hydroxylation is 1. The summed E-state index contributed by atoms with van der Waals surface area (Å²) in [5.74, 6) is -2.51. The second-order valence-corrected chi connectivity index (χ2v) is 12.5. The number of ether oxygens (including phenoxy) is 1. The van der Waals surface area contributed by atoms with Crippen molar-refractivity contribution in [3.05, 3.63) is 35.7 Å². The first-order chi connectivity index (χ1) is 23.0. The summed E-state index contributed by atoms with van der Waals surface area (Å²) in [5, 5.41) is 20.5. The van der Waals surface area contributed by atoms with Gasteiger partial charge in [-0.05, 0) is 37.5 Å². The molecule has 2 saturated heterocycles. The molecule has 1 saturated carbocycles. The Balaban J connectivity index is 0.000000357. The number of hydrogen-bond acceptors (Lipinski definition) is 9. The Morgan fingerprint density at radius 3 is 2.31 bits per heavy atom. The number of piperazine rings is 1. The number of nitrogens with one attached hydrogen (secondary N) is 2. The van der Waals surface area contributed by atoms with Gasteiger partial charge in [-0.15, -0.1) is 11.3 Å². The smallest absolute Gasteiger partial charge is 0.417 e. The molecule has 0 radical (unpaired) electrons. The van der Waals surface area contributed by atoms with E-state index in [1.807, 2.05) is 33.8 Å². The van der Waals surface area contributed by atoms with Crippen LogP contribution >= 0.6 is 11.3 Å². The Hall–Kier alpha value is -3.69. The van der Waals surface area contributed by atoms with E-state index in [1.54, 1.807) is 6.20 Å². The lowest BCUT2D eigenvalue weighted by Crippen LogP contribution is -2.51. The molecule has 2 bridgehead atoms. The average Bonchev–Trinajstić information content (AvgIpc) is 3.45. The fraction of sp³-hybridized carbons (Fsp3) is 0.515. The molecule has 48 heavy (non-hydrogen) atoms. The number of methoxy groups -OCH3 is 1. The molecule has 0 amide bonds. The number of halogens is 5. The zero-order chi connectivity index (χ0) is 35.0. The third kappa shape index (κ3) is 6.64. The van der Waals surface area contributed by atoms with Gasteiger partial charge in [-0.2, -0.15) is 28.2 Å². The minimum atomic E-state index is -4.57. The summed E-state index contributed by atoms with van der Waals surface area (Å²) in [7, 11) is 1.52. The normalized spacial score (nSPS) is 20.8. The van der Waals surface area contributed by atoms with Gasteiger partial charge in [0.1, 0.15) is 10.6 Å². The van der Waals surface area contributed by atoms with Crippen LogP contribution in [-0.4, -0.2) is 75.1 Å².